The number of nitrogens with one attached hydrogen (secondary N) is 1. The van der Waals surface area contributed by atoms with Crippen molar-refractivity contribution in [1.82, 2.24) is 15.1 Å². The normalized spacial score (nSPS) is 19.0. The number of amides is 1. The summed E-state index contributed by atoms with van der Waals surface area (Å²) in [6.45, 7) is 10.0. The van der Waals surface area contributed by atoms with Crippen LogP contribution >= 0.6 is 0 Å². The molecule has 2 rings (SSSR count). The van der Waals surface area contributed by atoms with Crippen LogP contribution in [0.3, 0.4) is 0 Å². The molecule has 0 fully saturated rings. The van der Waals surface area contributed by atoms with Crippen LogP contribution in [-0.2, 0) is 16.8 Å². The largest absolute Gasteiger partial charge is 0.477 e. The van der Waals surface area contributed by atoms with Gasteiger partial charge in [0.25, 0.3) is 0 Å². The van der Waals surface area contributed by atoms with Gasteiger partial charge in [0.05, 0.1) is 19.3 Å². The van der Waals surface area contributed by atoms with Crippen molar-refractivity contribution in [2.75, 3.05) is 13.2 Å². The van der Waals surface area contributed by atoms with Gasteiger partial charge in [-0.05, 0) is 5.41 Å². The van der Waals surface area contributed by atoms with Crippen LogP contribution in [0.25, 0.3) is 0 Å². The standard InChI is InChI=1S/C13H21N3O2/c1-9(17)14-5-10-7-16-12(18-8-10)11(6-15-16)13(2,3)4/h6,10H,5,7-8H2,1-4H3,(H,14,17)/t10-/m1/s1. The second-order valence-corrected chi connectivity index (χ2v) is 5.91. The van der Waals surface area contributed by atoms with E-state index in [2.05, 4.69) is 31.2 Å². The molecule has 1 aliphatic rings. The minimum atomic E-state index is -0.00311. The molecular weight excluding hydrogens is 230 g/mol. The van der Waals surface area contributed by atoms with Crippen molar-refractivity contribution in [3.05, 3.63) is 11.8 Å². The Labute approximate surface area is 108 Å². The number of hydrogen-bond donors (Lipinski definition) is 1. The van der Waals surface area contributed by atoms with Gasteiger partial charge in [-0.1, -0.05) is 20.8 Å². The molecule has 2 heterocycles. The summed E-state index contributed by atoms with van der Waals surface area (Å²) >= 11 is 0. The van der Waals surface area contributed by atoms with E-state index in [-0.39, 0.29) is 17.2 Å². The van der Waals surface area contributed by atoms with Crippen LogP contribution in [0.15, 0.2) is 6.20 Å². The molecule has 0 saturated heterocycles. The number of carbonyl (C=O) groups excluding carboxylic acids is 1. The Hall–Kier alpha value is -1.52. The van der Waals surface area contributed by atoms with Crippen molar-refractivity contribution < 1.29 is 9.53 Å². The summed E-state index contributed by atoms with van der Waals surface area (Å²) in [6.07, 6.45) is 1.89. The average molecular weight is 251 g/mol. The maximum absolute atomic E-state index is 10.9. The van der Waals surface area contributed by atoms with E-state index < -0.39 is 0 Å². The van der Waals surface area contributed by atoms with Gasteiger partial charge in [0.1, 0.15) is 0 Å². The lowest BCUT2D eigenvalue weighted by Gasteiger charge is -2.27. The quantitative estimate of drug-likeness (QED) is 0.862. The van der Waals surface area contributed by atoms with Crippen molar-refractivity contribution in [3.8, 4) is 5.88 Å². The highest BCUT2D eigenvalue weighted by molar-refractivity contribution is 5.72. The third-order valence-corrected chi connectivity index (χ3v) is 3.13. The second-order valence-electron chi connectivity index (χ2n) is 5.91. The van der Waals surface area contributed by atoms with E-state index in [0.717, 1.165) is 18.0 Å². The van der Waals surface area contributed by atoms with Crippen molar-refractivity contribution in [1.29, 1.82) is 0 Å². The summed E-state index contributed by atoms with van der Waals surface area (Å²) in [6, 6.07) is 0. The molecule has 0 aromatic carbocycles. The third kappa shape index (κ3) is 2.66. The summed E-state index contributed by atoms with van der Waals surface area (Å²) in [4.78, 5) is 10.9. The lowest BCUT2D eigenvalue weighted by molar-refractivity contribution is -0.119. The maximum atomic E-state index is 10.9. The molecule has 18 heavy (non-hydrogen) atoms. The van der Waals surface area contributed by atoms with Gasteiger partial charge < -0.3 is 10.1 Å². The van der Waals surface area contributed by atoms with Crippen LogP contribution in [0, 0.1) is 5.92 Å². The number of hydrogen-bond acceptors (Lipinski definition) is 3. The van der Waals surface area contributed by atoms with Gasteiger partial charge in [-0.3, -0.25) is 4.79 Å². The minimum absolute atomic E-state index is 0.00311. The summed E-state index contributed by atoms with van der Waals surface area (Å²) in [5.74, 6) is 1.16. The molecule has 0 aliphatic carbocycles. The third-order valence-electron chi connectivity index (χ3n) is 3.13. The number of ether oxygens (including phenoxy) is 1. The molecule has 1 aromatic rings. The van der Waals surface area contributed by atoms with Crippen molar-refractivity contribution in [2.45, 2.75) is 39.7 Å². The van der Waals surface area contributed by atoms with E-state index in [0.29, 0.717) is 13.2 Å². The summed E-state index contributed by atoms with van der Waals surface area (Å²) in [5.41, 5.74) is 1.18. The molecule has 0 spiro atoms. The molecular formula is C13H21N3O2. The van der Waals surface area contributed by atoms with Gasteiger partial charge in [-0.25, -0.2) is 4.68 Å². The number of fused-ring (bicyclic) bond motifs is 1. The number of rotatable bonds is 2. The molecule has 1 aliphatic heterocycles. The highest BCUT2D eigenvalue weighted by Gasteiger charge is 2.28. The predicted octanol–water partition coefficient (Wildman–Crippen LogP) is 1.33. The first-order chi connectivity index (χ1) is 8.38. The fraction of sp³-hybridized carbons (Fsp3) is 0.692. The molecule has 1 N–H and O–H groups in total. The van der Waals surface area contributed by atoms with E-state index in [9.17, 15) is 4.79 Å². The van der Waals surface area contributed by atoms with E-state index >= 15 is 0 Å². The molecule has 5 heteroatoms. The second kappa shape index (κ2) is 4.63. The van der Waals surface area contributed by atoms with Gasteiger partial charge in [-0.15, -0.1) is 0 Å². The molecule has 0 saturated carbocycles. The van der Waals surface area contributed by atoms with E-state index in [1.54, 1.807) is 0 Å². The zero-order chi connectivity index (χ0) is 13.3. The van der Waals surface area contributed by atoms with E-state index in [1.165, 1.54) is 6.92 Å². The van der Waals surface area contributed by atoms with Crippen molar-refractivity contribution in [3.63, 3.8) is 0 Å². The zero-order valence-electron chi connectivity index (χ0n) is 11.5. The molecule has 5 nitrogen and oxygen atoms in total. The summed E-state index contributed by atoms with van der Waals surface area (Å²) < 4.78 is 7.71. The monoisotopic (exact) mass is 251 g/mol. The SMILES string of the molecule is CC(=O)NC[C@H]1COc2c(C(C)(C)C)cnn2C1. The highest BCUT2D eigenvalue weighted by Crippen LogP contribution is 2.33. The Kier molecular flexibility index (Phi) is 3.32. The Bertz CT molecular complexity index is 446. The lowest BCUT2D eigenvalue weighted by Crippen LogP contribution is -2.36. The van der Waals surface area contributed by atoms with Gasteiger partial charge in [0.2, 0.25) is 11.8 Å². The Morgan fingerprint density at radius 1 is 1.61 bits per heavy atom. The number of aromatic nitrogens is 2. The van der Waals surface area contributed by atoms with Crippen molar-refractivity contribution in [2.24, 2.45) is 5.92 Å². The summed E-state index contributed by atoms with van der Waals surface area (Å²) in [5, 5.41) is 7.20. The minimum Gasteiger partial charge on any atom is -0.477 e. The van der Waals surface area contributed by atoms with Crippen LogP contribution < -0.4 is 10.1 Å². The van der Waals surface area contributed by atoms with Gasteiger partial charge in [0.15, 0.2) is 0 Å². The Morgan fingerprint density at radius 3 is 2.94 bits per heavy atom. The highest BCUT2D eigenvalue weighted by atomic mass is 16.5. The smallest absolute Gasteiger partial charge is 0.216 e. The molecule has 0 bridgehead atoms. The molecule has 1 amide bonds. The van der Waals surface area contributed by atoms with Crippen molar-refractivity contribution >= 4 is 5.91 Å². The Balaban J connectivity index is 2.08. The van der Waals surface area contributed by atoms with Gasteiger partial charge >= 0.3 is 0 Å². The van der Waals surface area contributed by atoms with E-state index in [1.807, 2.05) is 10.9 Å². The molecule has 1 atom stereocenters. The zero-order valence-corrected chi connectivity index (χ0v) is 11.5. The van der Waals surface area contributed by atoms with Crippen LogP contribution in [-0.4, -0.2) is 28.8 Å². The molecule has 100 valence electrons. The first kappa shape index (κ1) is 12.9. The fourth-order valence-corrected chi connectivity index (χ4v) is 2.08. The summed E-state index contributed by atoms with van der Waals surface area (Å²) in [7, 11) is 0. The van der Waals surface area contributed by atoms with Crippen LogP contribution in [0.5, 0.6) is 5.88 Å². The lowest BCUT2D eigenvalue weighted by atomic mass is 9.89. The molecule has 1 aromatic heterocycles. The van der Waals surface area contributed by atoms with Crippen LogP contribution in [0.2, 0.25) is 0 Å². The van der Waals surface area contributed by atoms with E-state index in [4.69, 9.17) is 4.74 Å². The topological polar surface area (TPSA) is 56.1 Å². The maximum Gasteiger partial charge on any atom is 0.216 e. The predicted molar refractivity (Wildman–Crippen MR) is 68.6 cm³/mol. The first-order valence-corrected chi connectivity index (χ1v) is 6.31. The van der Waals surface area contributed by atoms with Crippen LogP contribution in [0.1, 0.15) is 33.3 Å². The van der Waals surface area contributed by atoms with Gasteiger partial charge in [-0.2, -0.15) is 5.10 Å². The van der Waals surface area contributed by atoms with Gasteiger partial charge in [0, 0.05) is 24.9 Å². The number of carbonyl (C=O) groups is 1. The number of nitrogens with zero attached hydrogens (tertiary/aromatic N) is 2. The molecule has 0 unspecified atom stereocenters. The Morgan fingerprint density at radius 2 is 2.33 bits per heavy atom. The molecule has 0 radical (unpaired) electrons. The fourth-order valence-electron chi connectivity index (χ4n) is 2.08. The van der Waals surface area contributed by atoms with Crippen LogP contribution in [0.4, 0.5) is 0 Å². The first-order valence-electron chi connectivity index (χ1n) is 6.31. The average Bonchev–Trinajstić information content (AvgIpc) is 2.68.